The summed E-state index contributed by atoms with van der Waals surface area (Å²) in [5.74, 6) is -2.78. The van der Waals surface area contributed by atoms with Crippen molar-refractivity contribution in [1.82, 2.24) is 0 Å². The van der Waals surface area contributed by atoms with Crippen LogP contribution >= 0.6 is 0 Å². The largest absolute Gasteiger partial charge is 1.00 e. The number of esters is 1. The summed E-state index contributed by atoms with van der Waals surface area (Å²) in [6.45, 7) is -0.671. The topological polar surface area (TPSA) is 107 Å². The SMILES string of the molecule is O=C1O[C@H]([C@@H](O)CO)C(O)=C1O.[H-].[H-].[Na+].[Na+]. The molecule has 0 aliphatic carbocycles. The van der Waals surface area contributed by atoms with Gasteiger partial charge in [-0.05, 0) is 0 Å². The minimum absolute atomic E-state index is 0. The van der Waals surface area contributed by atoms with E-state index in [4.69, 9.17) is 20.4 Å². The van der Waals surface area contributed by atoms with Gasteiger partial charge in [0.1, 0.15) is 6.10 Å². The van der Waals surface area contributed by atoms with Crippen LogP contribution in [-0.4, -0.2) is 45.2 Å². The summed E-state index contributed by atoms with van der Waals surface area (Å²) < 4.78 is 4.32. The van der Waals surface area contributed by atoms with Crippen molar-refractivity contribution in [3.8, 4) is 0 Å². The molecule has 4 N–H and O–H groups in total. The quantitative estimate of drug-likeness (QED) is 0.274. The number of cyclic esters (lactones) is 1. The van der Waals surface area contributed by atoms with Crippen LogP contribution < -0.4 is 59.1 Å². The Hall–Kier alpha value is 0.730. The van der Waals surface area contributed by atoms with E-state index in [2.05, 4.69) is 4.74 Å². The summed E-state index contributed by atoms with van der Waals surface area (Å²) in [5, 5.41) is 35.0. The molecule has 0 aromatic carbocycles. The maximum Gasteiger partial charge on any atom is 1.00 e. The first-order valence-electron chi connectivity index (χ1n) is 3.20. The summed E-state index contributed by atoms with van der Waals surface area (Å²) in [7, 11) is 0. The summed E-state index contributed by atoms with van der Waals surface area (Å²) in [6.07, 6.45) is -2.78. The fourth-order valence-electron chi connectivity index (χ4n) is 0.823. The van der Waals surface area contributed by atoms with Gasteiger partial charge in [0, 0.05) is 0 Å². The molecule has 0 radical (unpaired) electrons. The monoisotopic (exact) mass is 224 g/mol. The van der Waals surface area contributed by atoms with E-state index in [1.54, 1.807) is 0 Å². The summed E-state index contributed by atoms with van der Waals surface area (Å²) in [4.78, 5) is 10.5. The van der Waals surface area contributed by atoms with Crippen LogP contribution in [0.15, 0.2) is 11.5 Å². The van der Waals surface area contributed by atoms with Gasteiger partial charge in [-0.25, -0.2) is 4.79 Å². The van der Waals surface area contributed by atoms with Crippen LogP contribution in [-0.2, 0) is 9.53 Å². The molecule has 0 aromatic rings. The molecule has 1 aliphatic rings. The van der Waals surface area contributed by atoms with Crippen LogP contribution in [0.25, 0.3) is 0 Å². The molecule has 0 amide bonds. The van der Waals surface area contributed by atoms with Gasteiger partial charge in [0.05, 0.1) is 6.61 Å². The van der Waals surface area contributed by atoms with Crippen LogP contribution in [0.3, 0.4) is 0 Å². The van der Waals surface area contributed by atoms with Gasteiger partial charge in [0.25, 0.3) is 0 Å². The Balaban J connectivity index is -0.000000180. The fraction of sp³-hybridized carbons (Fsp3) is 0.500. The van der Waals surface area contributed by atoms with E-state index in [0.717, 1.165) is 0 Å². The van der Waals surface area contributed by atoms with E-state index in [1.807, 2.05) is 0 Å². The van der Waals surface area contributed by atoms with Crippen molar-refractivity contribution in [1.29, 1.82) is 0 Å². The second kappa shape index (κ2) is 7.08. The summed E-state index contributed by atoms with van der Waals surface area (Å²) in [6, 6.07) is 0. The first-order chi connectivity index (χ1) is 5.57. The van der Waals surface area contributed by atoms with E-state index in [1.165, 1.54) is 0 Å². The maximum absolute atomic E-state index is 10.5. The Kier molecular flexibility index (Phi) is 8.66. The molecule has 14 heavy (non-hydrogen) atoms. The second-order valence-corrected chi connectivity index (χ2v) is 2.31. The molecule has 8 heteroatoms. The summed E-state index contributed by atoms with van der Waals surface area (Å²) in [5.41, 5.74) is 0. The number of carbonyl (C=O) groups is 1. The number of aliphatic hydroxyl groups is 4. The van der Waals surface area contributed by atoms with Gasteiger partial charge in [0.2, 0.25) is 5.76 Å². The van der Waals surface area contributed by atoms with E-state index in [-0.39, 0.29) is 62.0 Å². The number of rotatable bonds is 2. The van der Waals surface area contributed by atoms with Crippen molar-refractivity contribution in [3.63, 3.8) is 0 Å². The Morgan fingerprint density at radius 3 is 2.21 bits per heavy atom. The van der Waals surface area contributed by atoms with E-state index in [0.29, 0.717) is 0 Å². The predicted molar refractivity (Wildman–Crippen MR) is 37.5 cm³/mol. The smallest absolute Gasteiger partial charge is 1.00 e. The molecule has 0 saturated carbocycles. The van der Waals surface area contributed by atoms with Crippen molar-refractivity contribution >= 4 is 5.97 Å². The summed E-state index contributed by atoms with van der Waals surface area (Å²) >= 11 is 0. The number of aliphatic hydroxyl groups excluding tert-OH is 4. The van der Waals surface area contributed by atoms with Crippen LogP contribution in [0.1, 0.15) is 2.85 Å². The Labute approximate surface area is 127 Å². The average Bonchev–Trinajstić information content (AvgIpc) is 2.32. The Bertz CT molecular complexity index is 249. The Morgan fingerprint density at radius 2 is 1.93 bits per heavy atom. The molecule has 72 valence electrons. The minimum atomic E-state index is -1.42. The van der Waals surface area contributed by atoms with Gasteiger partial charge in [0.15, 0.2) is 11.9 Å². The third-order valence-electron chi connectivity index (χ3n) is 1.48. The molecule has 0 aromatic heterocycles. The molecule has 1 rings (SSSR count). The number of hydrogen-bond acceptors (Lipinski definition) is 6. The first-order valence-corrected chi connectivity index (χ1v) is 3.20. The third-order valence-corrected chi connectivity index (χ3v) is 1.48. The van der Waals surface area contributed by atoms with Crippen molar-refractivity contribution in [2.24, 2.45) is 0 Å². The Morgan fingerprint density at radius 1 is 1.43 bits per heavy atom. The van der Waals surface area contributed by atoms with E-state index >= 15 is 0 Å². The number of carbonyl (C=O) groups excluding carboxylic acids is 1. The van der Waals surface area contributed by atoms with Crippen molar-refractivity contribution in [3.05, 3.63) is 11.5 Å². The van der Waals surface area contributed by atoms with Gasteiger partial charge >= 0.3 is 65.1 Å². The normalized spacial score (nSPS) is 22.1. The molecule has 0 spiro atoms. The molecule has 1 aliphatic heterocycles. The minimum Gasteiger partial charge on any atom is -1.00 e. The van der Waals surface area contributed by atoms with Crippen LogP contribution in [0.5, 0.6) is 0 Å². The molecule has 0 saturated heterocycles. The van der Waals surface area contributed by atoms with Crippen LogP contribution in [0.2, 0.25) is 0 Å². The number of hydrogen-bond donors (Lipinski definition) is 4. The molecule has 0 fully saturated rings. The predicted octanol–water partition coefficient (Wildman–Crippen LogP) is -7.17. The maximum atomic E-state index is 10.5. The molecule has 2 atom stereocenters. The van der Waals surface area contributed by atoms with Crippen molar-refractivity contribution in [2.75, 3.05) is 6.61 Å². The van der Waals surface area contributed by atoms with Crippen LogP contribution in [0, 0.1) is 0 Å². The van der Waals surface area contributed by atoms with E-state index in [9.17, 15) is 4.79 Å². The van der Waals surface area contributed by atoms with E-state index < -0.39 is 36.3 Å². The zero-order valence-corrected chi connectivity index (χ0v) is 12.0. The third kappa shape index (κ3) is 3.39. The van der Waals surface area contributed by atoms with Crippen LogP contribution in [0.4, 0.5) is 0 Å². The molecular weight excluding hydrogens is 214 g/mol. The van der Waals surface area contributed by atoms with Crippen molar-refractivity contribution < 1.29 is 91.9 Å². The van der Waals surface area contributed by atoms with Gasteiger partial charge in [-0.3, -0.25) is 0 Å². The zero-order valence-electron chi connectivity index (χ0n) is 9.97. The zero-order chi connectivity index (χ0) is 9.30. The van der Waals surface area contributed by atoms with Crippen molar-refractivity contribution in [2.45, 2.75) is 12.2 Å². The molecule has 0 bridgehead atoms. The van der Waals surface area contributed by atoms with Gasteiger partial charge in [-0.15, -0.1) is 0 Å². The molecule has 0 unspecified atom stereocenters. The second-order valence-electron chi connectivity index (χ2n) is 2.31. The van der Waals surface area contributed by atoms with Gasteiger partial charge in [-0.2, -0.15) is 0 Å². The molecule has 1 heterocycles. The number of ether oxygens (including phenoxy) is 1. The first kappa shape index (κ1) is 17.1. The van der Waals surface area contributed by atoms with Gasteiger partial charge < -0.3 is 28.0 Å². The molecule has 6 nitrogen and oxygen atoms in total. The van der Waals surface area contributed by atoms with Gasteiger partial charge in [-0.1, -0.05) is 0 Å². The average molecular weight is 224 g/mol. The fourth-order valence-corrected chi connectivity index (χ4v) is 0.823. The molecular formula is C6H10Na2O6. The standard InChI is InChI=1S/C6H8O6.2Na.2H/c7-1-2(8)5-3(9)4(10)6(11)12-5;;;;/h2,5,7-10H,1H2;;;;/q;2*+1;2*-1/t2-,5+;;;;/m0..../s1.